The molecule has 1 N–H and O–H groups in total. The summed E-state index contributed by atoms with van der Waals surface area (Å²) in [7, 11) is 0. The molecule has 5 heteroatoms. The third kappa shape index (κ3) is 2.72. The molecule has 4 nitrogen and oxygen atoms in total. The van der Waals surface area contributed by atoms with E-state index in [1.807, 2.05) is 31.2 Å². The van der Waals surface area contributed by atoms with Crippen LogP contribution in [0.2, 0.25) is 0 Å². The minimum atomic E-state index is -1.07. The van der Waals surface area contributed by atoms with Crippen LogP contribution in [-0.4, -0.2) is 16.1 Å². The fraction of sp³-hybridized carbons (Fsp3) is 0.231. The highest BCUT2D eigenvalue weighted by atomic mass is 127. The van der Waals surface area contributed by atoms with Crippen LogP contribution in [0.3, 0.4) is 0 Å². The van der Waals surface area contributed by atoms with Crippen LogP contribution < -0.4 is 0 Å². The zero-order valence-electron chi connectivity index (χ0n) is 9.81. The average molecular weight is 357 g/mol. The van der Waals surface area contributed by atoms with Crippen molar-refractivity contribution in [2.24, 2.45) is 0 Å². The number of oxazole rings is 1. The molecule has 0 saturated heterocycles. The van der Waals surface area contributed by atoms with Crippen molar-refractivity contribution in [1.82, 2.24) is 4.98 Å². The van der Waals surface area contributed by atoms with E-state index < -0.39 is 5.97 Å². The number of benzene rings is 1. The third-order valence-corrected chi connectivity index (χ3v) is 3.19. The van der Waals surface area contributed by atoms with E-state index in [2.05, 4.69) is 27.6 Å². The molecule has 0 aliphatic carbocycles. The second kappa shape index (κ2) is 5.51. The third-order valence-electron chi connectivity index (χ3n) is 2.47. The van der Waals surface area contributed by atoms with Gasteiger partial charge in [-0.05, 0) is 53.3 Å². The lowest BCUT2D eigenvalue weighted by molar-refractivity contribution is 0.0661. The fourth-order valence-electron chi connectivity index (χ4n) is 1.64. The topological polar surface area (TPSA) is 63.3 Å². The number of carbonyl (C=O) groups is 1. The Morgan fingerprint density at radius 1 is 1.39 bits per heavy atom. The van der Waals surface area contributed by atoms with Crippen molar-refractivity contribution in [3.63, 3.8) is 0 Å². The van der Waals surface area contributed by atoms with E-state index >= 15 is 0 Å². The summed E-state index contributed by atoms with van der Waals surface area (Å²) in [5.74, 6) is -0.750. The van der Waals surface area contributed by atoms with Crippen LogP contribution in [0, 0.1) is 3.57 Å². The predicted molar refractivity (Wildman–Crippen MR) is 75.6 cm³/mol. The standard InChI is InChI=1S/C13H12INO3/c1-2-3-10-11(13(16)17)18-12(15-10)8-4-6-9(14)7-5-8/h4-7H,2-3H2,1H3,(H,16,17). The van der Waals surface area contributed by atoms with Crippen LogP contribution in [0.25, 0.3) is 11.5 Å². The Bertz CT molecular complexity index is 560. The Balaban J connectivity index is 2.42. The van der Waals surface area contributed by atoms with E-state index in [0.717, 1.165) is 15.6 Å². The maximum Gasteiger partial charge on any atom is 0.373 e. The molecule has 1 aromatic heterocycles. The monoisotopic (exact) mass is 357 g/mol. The van der Waals surface area contributed by atoms with Crippen molar-refractivity contribution >= 4 is 28.6 Å². The van der Waals surface area contributed by atoms with E-state index in [9.17, 15) is 4.79 Å². The van der Waals surface area contributed by atoms with Gasteiger partial charge in [0.05, 0.1) is 5.69 Å². The minimum absolute atomic E-state index is 0.0506. The molecule has 18 heavy (non-hydrogen) atoms. The van der Waals surface area contributed by atoms with Crippen molar-refractivity contribution in [3.8, 4) is 11.5 Å². The van der Waals surface area contributed by atoms with E-state index in [1.165, 1.54) is 0 Å². The Morgan fingerprint density at radius 2 is 2.06 bits per heavy atom. The van der Waals surface area contributed by atoms with E-state index in [1.54, 1.807) is 0 Å². The van der Waals surface area contributed by atoms with Crippen molar-refractivity contribution in [3.05, 3.63) is 39.3 Å². The lowest BCUT2D eigenvalue weighted by Gasteiger charge is -1.94. The van der Waals surface area contributed by atoms with Crippen LogP contribution >= 0.6 is 22.6 Å². The number of aromatic nitrogens is 1. The van der Waals surface area contributed by atoms with E-state index in [4.69, 9.17) is 9.52 Å². The first-order chi connectivity index (χ1) is 8.61. The second-order valence-electron chi connectivity index (χ2n) is 3.86. The van der Waals surface area contributed by atoms with Crippen molar-refractivity contribution in [2.75, 3.05) is 0 Å². The molecule has 0 amide bonds. The number of carboxylic acids is 1. The van der Waals surface area contributed by atoms with Crippen molar-refractivity contribution in [2.45, 2.75) is 19.8 Å². The molecule has 0 spiro atoms. The van der Waals surface area contributed by atoms with Gasteiger partial charge in [-0.3, -0.25) is 0 Å². The summed E-state index contributed by atoms with van der Waals surface area (Å²) >= 11 is 2.21. The maximum absolute atomic E-state index is 11.1. The Morgan fingerprint density at radius 3 is 2.61 bits per heavy atom. The molecule has 2 rings (SSSR count). The van der Waals surface area contributed by atoms with Gasteiger partial charge in [0.25, 0.3) is 0 Å². The fourth-order valence-corrected chi connectivity index (χ4v) is 2.00. The number of carboxylic acid groups (broad SMARTS) is 1. The molecule has 94 valence electrons. The van der Waals surface area contributed by atoms with Crippen LogP contribution in [-0.2, 0) is 6.42 Å². The number of hydrogen-bond acceptors (Lipinski definition) is 3. The van der Waals surface area contributed by atoms with E-state index in [0.29, 0.717) is 18.0 Å². The smallest absolute Gasteiger partial charge is 0.373 e. The SMILES string of the molecule is CCCc1nc(-c2ccc(I)cc2)oc1C(=O)O. The molecule has 0 atom stereocenters. The Labute approximate surface area is 118 Å². The number of rotatable bonds is 4. The number of hydrogen-bond donors (Lipinski definition) is 1. The molecule has 0 fully saturated rings. The van der Waals surface area contributed by atoms with E-state index in [-0.39, 0.29) is 5.76 Å². The molecule has 0 radical (unpaired) electrons. The first kappa shape index (κ1) is 13.1. The zero-order chi connectivity index (χ0) is 13.1. The number of aryl methyl sites for hydroxylation is 1. The average Bonchev–Trinajstić information content (AvgIpc) is 2.75. The normalized spacial score (nSPS) is 10.6. The van der Waals surface area contributed by atoms with Crippen molar-refractivity contribution < 1.29 is 14.3 Å². The number of aromatic carboxylic acids is 1. The Hall–Kier alpha value is -1.37. The highest BCUT2D eigenvalue weighted by molar-refractivity contribution is 14.1. The Kier molecular flexibility index (Phi) is 4.00. The lowest BCUT2D eigenvalue weighted by Crippen LogP contribution is -1.99. The summed E-state index contributed by atoms with van der Waals surface area (Å²) in [4.78, 5) is 15.3. The zero-order valence-corrected chi connectivity index (χ0v) is 12.0. The first-order valence-corrected chi connectivity index (χ1v) is 6.68. The van der Waals surface area contributed by atoms with Gasteiger partial charge in [-0.25, -0.2) is 9.78 Å². The van der Waals surface area contributed by atoms with Gasteiger partial charge in [0.1, 0.15) is 0 Å². The molecule has 0 unspecified atom stereocenters. The predicted octanol–water partition coefficient (Wildman–Crippen LogP) is 3.60. The molecular weight excluding hydrogens is 345 g/mol. The highest BCUT2D eigenvalue weighted by Crippen LogP contribution is 2.23. The van der Waals surface area contributed by atoms with Crippen LogP contribution in [0.4, 0.5) is 0 Å². The van der Waals surface area contributed by atoms with Gasteiger partial charge in [-0.15, -0.1) is 0 Å². The quantitative estimate of drug-likeness (QED) is 0.850. The summed E-state index contributed by atoms with van der Waals surface area (Å²) < 4.78 is 6.45. The number of nitrogens with zero attached hydrogens (tertiary/aromatic N) is 1. The maximum atomic E-state index is 11.1. The molecular formula is C13H12INO3. The molecule has 0 aliphatic heterocycles. The first-order valence-electron chi connectivity index (χ1n) is 5.60. The molecule has 1 aromatic carbocycles. The van der Waals surface area contributed by atoms with Gasteiger partial charge in [0, 0.05) is 9.13 Å². The highest BCUT2D eigenvalue weighted by Gasteiger charge is 2.19. The van der Waals surface area contributed by atoms with Gasteiger partial charge in [-0.2, -0.15) is 0 Å². The van der Waals surface area contributed by atoms with Crippen LogP contribution in [0.1, 0.15) is 29.6 Å². The summed E-state index contributed by atoms with van der Waals surface area (Å²) in [6.45, 7) is 1.98. The molecule has 2 aromatic rings. The van der Waals surface area contributed by atoms with Gasteiger partial charge in [0.15, 0.2) is 0 Å². The van der Waals surface area contributed by atoms with Gasteiger partial charge >= 0.3 is 5.97 Å². The number of halogens is 1. The van der Waals surface area contributed by atoms with Gasteiger partial charge < -0.3 is 9.52 Å². The summed E-state index contributed by atoms with van der Waals surface area (Å²) in [6.07, 6.45) is 1.44. The molecule has 0 saturated carbocycles. The van der Waals surface area contributed by atoms with Gasteiger partial charge in [0.2, 0.25) is 11.7 Å². The van der Waals surface area contributed by atoms with Gasteiger partial charge in [-0.1, -0.05) is 13.3 Å². The summed E-state index contributed by atoms with van der Waals surface area (Å²) in [5.41, 5.74) is 1.30. The molecule has 0 aliphatic rings. The van der Waals surface area contributed by atoms with Crippen molar-refractivity contribution in [1.29, 1.82) is 0 Å². The largest absolute Gasteiger partial charge is 0.475 e. The minimum Gasteiger partial charge on any atom is -0.475 e. The molecule has 0 bridgehead atoms. The molecule has 1 heterocycles. The summed E-state index contributed by atoms with van der Waals surface area (Å²) in [5, 5.41) is 9.06. The summed E-state index contributed by atoms with van der Waals surface area (Å²) in [6, 6.07) is 7.60. The lowest BCUT2D eigenvalue weighted by atomic mass is 10.2. The van der Waals surface area contributed by atoms with Crippen LogP contribution in [0.5, 0.6) is 0 Å². The second-order valence-corrected chi connectivity index (χ2v) is 5.10. The van der Waals surface area contributed by atoms with Crippen LogP contribution in [0.15, 0.2) is 28.7 Å².